The summed E-state index contributed by atoms with van der Waals surface area (Å²) in [4.78, 5) is 28.7. The van der Waals surface area contributed by atoms with Gasteiger partial charge in [0.2, 0.25) is 5.78 Å². The van der Waals surface area contributed by atoms with Gasteiger partial charge >= 0.3 is 11.2 Å². The van der Waals surface area contributed by atoms with Gasteiger partial charge < -0.3 is 4.74 Å². The monoisotopic (exact) mass is 567 g/mol. The van der Waals surface area contributed by atoms with Crippen LogP contribution in [-0.2, 0) is 14.3 Å². The van der Waals surface area contributed by atoms with Gasteiger partial charge in [-0.1, -0.05) is 24.3 Å². The van der Waals surface area contributed by atoms with Crippen LogP contribution in [0.25, 0.3) is 16.5 Å². The summed E-state index contributed by atoms with van der Waals surface area (Å²) in [6.07, 6.45) is 2.45. The van der Waals surface area contributed by atoms with E-state index >= 15 is 8.78 Å². The smallest absolute Gasteiger partial charge is 0.358 e. The van der Waals surface area contributed by atoms with Gasteiger partial charge in [0, 0.05) is 22.9 Å². The molecule has 1 atom stereocenters. The highest BCUT2D eigenvalue weighted by molar-refractivity contribution is 9.10. The summed E-state index contributed by atoms with van der Waals surface area (Å²) in [5.74, 6) is -2.80. The number of ether oxygens (including phenoxy) is 1. The van der Waals surface area contributed by atoms with E-state index in [0.29, 0.717) is 26.6 Å². The highest BCUT2D eigenvalue weighted by Gasteiger charge is 2.43. The van der Waals surface area contributed by atoms with Crippen LogP contribution < -0.4 is 0 Å². The number of ketones is 1. The van der Waals surface area contributed by atoms with Crippen molar-refractivity contribution in [1.82, 2.24) is 9.55 Å². The third-order valence-electron chi connectivity index (χ3n) is 4.91. The molecule has 0 bridgehead atoms. The highest BCUT2D eigenvalue weighted by atomic mass is 79.9. The Balaban J connectivity index is 1.94. The summed E-state index contributed by atoms with van der Waals surface area (Å²) in [7, 11) is 0. The lowest BCUT2D eigenvalue weighted by atomic mass is 10.0. The Morgan fingerprint density at radius 2 is 1.97 bits per heavy atom. The Morgan fingerprint density at radius 3 is 2.62 bits per heavy atom. The number of nitriles is 1. The number of halogens is 3. The van der Waals surface area contributed by atoms with Crippen molar-refractivity contribution in [3.8, 4) is 11.8 Å². The number of alkyl halides is 2. The van der Waals surface area contributed by atoms with E-state index in [1.807, 2.05) is 0 Å². The molecule has 34 heavy (non-hydrogen) atoms. The lowest BCUT2D eigenvalue weighted by Crippen LogP contribution is -2.31. The SMILES string of the molecule is CCOC(=O)C(CSC)CC(=O)C(F)(F)Sc1ncc(Br)n1-c1ccc(C#N)c2ccccc12. The van der Waals surface area contributed by atoms with Gasteiger partial charge in [-0.05, 0) is 53.0 Å². The van der Waals surface area contributed by atoms with Crippen molar-refractivity contribution in [1.29, 1.82) is 5.26 Å². The zero-order chi connectivity index (χ0) is 24.9. The topological polar surface area (TPSA) is 85.0 Å². The second kappa shape index (κ2) is 11.3. The summed E-state index contributed by atoms with van der Waals surface area (Å²) in [6, 6.07) is 12.5. The number of thioether (sulfide) groups is 2. The Hall–Kier alpha value is -2.42. The maximum atomic E-state index is 15.0. The number of esters is 1. The molecule has 0 N–H and O–H groups in total. The highest BCUT2D eigenvalue weighted by Crippen LogP contribution is 2.41. The number of benzene rings is 2. The number of fused-ring (bicyclic) bond motifs is 1. The fourth-order valence-electron chi connectivity index (χ4n) is 3.37. The molecule has 0 spiro atoms. The molecule has 0 radical (unpaired) electrons. The summed E-state index contributed by atoms with van der Waals surface area (Å²) in [5, 5.41) is 6.80. The van der Waals surface area contributed by atoms with Gasteiger partial charge in [-0.3, -0.25) is 14.2 Å². The van der Waals surface area contributed by atoms with Crippen molar-refractivity contribution in [3.05, 3.63) is 52.8 Å². The van der Waals surface area contributed by atoms with Crippen molar-refractivity contribution in [2.45, 2.75) is 23.8 Å². The number of nitrogens with zero attached hydrogens (tertiary/aromatic N) is 3. The Kier molecular flexibility index (Phi) is 8.73. The van der Waals surface area contributed by atoms with Gasteiger partial charge in [0.25, 0.3) is 0 Å². The first-order valence-corrected chi connectivity index (χ1v) is 13.1. The minimum Gasteiger partial charge on any atom is -0.466 e. The lowest BCUT2D eigenvalue weighted by Gasteiger charge is -2.19. The van der Waals surface area contributed by atoms with Crippen molar-refractivity contribution in [3.63, 3.8) is 0 Å². The van der Waals surface area contributed by atoms with E-state index in [2.05, 4.69) is 27.0 Å². The number of hydrogen-bond acceptors (Lipinski definition) is 7. The second-order valence-corrected chi connectivity index (χ2v) is 9.94. The molecule has 11 heteroatoms. The van der Waals surface area contributed by atoms with E-state index in [9.17, 15) is 14.9 Å². The first-order chi connectivity index (χ1) is 16.2. The van der Waals surface area contributed by atoms with Gasteiger partial charge in [-0.25, -0.2) is 4.98 Å². The minimum atomic E-state index is -3.83. The van der Waals surface area contributed by atoms with Gasteiger partial charge in [0.15, 0.2) is 5.16 Å². The van der Waals surface area contributed by atoms with Crippen LogP contribution in [0.5, 0.6) is 0 Å². The standard InChI is InChI=1S/C23H20BrF2N3O3S2/c1-3-32-21(31)15(13-33-2)10-19(30)23(25,26)34-22-28-12-20(24)29(22)18-9-8-14(11-27)16-6-4-5-7-17(16)18/h4-9,12,15H,3,10,13H2,1-2H3. The zero-order valence-corrected chi connectivity index (χ0v) is 21.5. The summed E-state index contributed by atoms with van der Waals surface area (Å²) < 4.78 is 36.9. The van der Waals surface area contributed by atoms with E-state index < -0.39 is 29.3 Å². The molecule has 3 aromatic rings. The van der Waals surface area contributed by atoms with Crippen LogP contribution >= 0.6 is 39.5 Å². The predicted molar refractivity (Wildman–Crippen MR) is 132 cm³/mol. The Bertz CT molecular complexity index is 1260. The summed E-state index contributed by atoms with van der Waals surface area (Å²) in [6.45, 7) is 1.72. The molecule has 2 aromatic carbocycles. The number of carbonyl (C=O) groups is 2. The molecule has 0 aliphatic carbocycles. The van der Waals surface area contributed by atoms with Crippen LogP contribution in [0.4, 0.5) is 8.78 Å². The van der Waals surface area contributed by atoms with Crippen LogP contribution in [0.15, 0.2) is 52.4 Å². The van der Waals surface area contributed by atoms with Crippen molar-refractivity contribution in [2.24, 2.45) is 5.92 Å². The van der Waals surface area contributed by atoms with Gasteiger partial charge in [0.1, 0.15) is 4.60 Å². The number of hydrogen-bond donors (Lipinski definition) is 0. The lowest BCUT2D eigenvalue weighted by molar-refractivity contribution is -0.150. The van der Waals surface area contributed by atoms with Crippen LogP contribution in [0.1, 0.15) is 18.9 Å². The molecule has 6 nitrogen and oxygen atoms in total. The van der Waals surface area contributed by atoms with Crippen LogP contribution in [-0.4, -0.2) is 45.2 Å². The number of aromatic nitrogens is 2. The molecular formula is C23H20BrF2N3O3S2. The normalized spacial score (nSPS) is 12.4. The maximum Gasteiger partial charge on any atom is 0.358 e. The largest absolute Gasteiger partial charge is 0.466 e. The third kappa shape index (κ3) is 5.62. The van der Waals surface area contributed by atoms with E-state index in [4.69, 9.17) is 4.74 Å². The maximum absolute atomic E-state index is 15.0. The van der Waals surface area contributed by atoms with Crippen molar-refractivity contribution in [2.75, 3.05) is 18.6 Å². The predicted octanol–water partition coefficient (Wildman–Crippen LogP) is 5.85. The molecular weight excluding hydrogens is 548 g/mol. The fraction of sp³-hybridized carbons (Fsp3) is 0.304. The van der Waals surface area contributed by atoms with Crippen LogP contribution in [0.2, 0.25) is 0 Å². The first kappa shape index (κ1) is 26.2. The Morgan fingerprint density at radius 1 is 1.26 bits per heavy atom. The van der Waals surface area contributed by atoms with Crippen LogP contribution in [0, 0.1) is 17.2 Å². The van der Waals surface area contributed by atoms with Crippen molar-refractivity contribution >= 4 is 62.0 Å². The molecule has 0 saturated heterocycles. The first-order valence-electron chi connectivity index (χ1n) is 10.1. The fourth-order valence-corrected chi connectivity index (χ4v) is 5.42. The third-order valence-corrected chi connectivity index (χ3v) is 7.16. The molecule has 1 aromatic heterocycles. The number of Topliss-reactive ketones (excluding diaryl/α,β-unsaturated/α-hetero) is 1. The van der Waals surface area contributed by atoms with Crippen LogP contribution in [0.3, 0.4) is 0 Å². The number of carbonyl (C=O) groups excluding carboxylic acids is 2. The number of imidazole rings is 1. The average molecular weight is 568 g/mol. The van der Waals surface area contributed by atoms with E-state index in [1.54, 1.807) is 49.6 Å². The van der Waals surface area contributed by atoms with Gasteiger partial charge in [-0.2, -0.15) is 25.8 Å². The molecule has 178 valence electrons. The summed E-state index contributed by atoms with van der Waals surface area (Å²) >= 11 is 4.64. The molecule has 0 aliphatic heterocycles. The molecule has 0 fully saturated rings. The van der Waals surface area contributed by atoms with Crippen molar-refractivity contribution < 1.29 is 23.1 Å². The zero-order valence-electron chi connectivity index (χ0n) is 18.3. The van der Waals surface area contributed by atoms with Gasteiger partial charge in [0.05, 0.1) is 36.0 Å². The molecule has 3 rings (SSSR count). The van der Waals surface area contributed by atoms with Gasteiger partial charge in [-0.15, -0.1) is 0 Å². The minimum absolute atomic E-state index is 0.0150. The molecule has 0 aliphatic rings. The molecule has 1 unspecified atom stereocenters. The summed E-state index contributed by atoms with van der Waals surface area (Å²) in [5.41, 5.74) is 0.973. The van der Waals surface area contributed by atoms with E-state index in [0.717, 1.165) is 0 Å². The van der Waals surface area contributed by atoms with E-state index in [1.165, 1.54) is 22.5 Å². The number of rotatable bonds is 10. The molecule has 0 amide bonds. The molecule has 1 heterocycles. The second-order valence-electron chi connectivity index (χ2n) is 7.14. The average Bonchev–Trinajstić information content (AvgIpc) is 3.17. The van der Waals surface area contributed by atoms with E-state index in [-0.39, 0.29) is 29.3 Å². The Labute approximate surface area is 212 Å². The molecule has 0 saturated carbocycles. The quantitative estimate of drug-likeness (QED) is 0.224.